The van der Waals surface area contributed by atoms with Crippen LogP contribution in [0, 0.1) is 6.92 Å². The highest BCUT2D eigenvalue weighted by Crippen LogP contribution is 2.21. The second-order valence-electron chi connectivity index (χ2n) is 3.42. The van der Waals surface area contributed by atoms with E-state index in [1.807, 2.05) is 0 Å². The molecule has 18 heavy (non-hydrogen) atoms. The lowest BCUT2D eigenvalue weighted by molar-refractivity contribution is -0.167. The average Bonchev–Trinajstić information content (AvgIpc) is 2.55. The Labute approximate surface area is 104 Å². The summed E-state index contributed by atoms with van der Waals surface area (Å²) < 4.78 is 37.6. The number of rotatable bonds is 1. The van der Waals surface area contributed by atoms with Gasteiger partial charge in [-0.15, -0.1) is 0 Å². The molecule has 0 unspecified atom stereocenters. The lowest BCUT2D eigenvalue weighted by Crippen LogP contribution is -2.30. The van der Waals surface area contributed by atoms with Crippen molar-refractivity contribution in [2.45, 2.75) is 13.1 Å². The van der Waals surface area contributed by atoms with Crippen LogP contribution in [0.5, 0.6) is 0 Å². The van der Waals surface area contributed by atoms with Gasteiger partial charge in [-0.1, -0.05) is 11.6 Å². The minimum atomic E-state index is -4.96. The molecule has 5 nitrogen and oxygen atoms in total. The fraction of sp³-hybridized carbons (Fsp3) is 0.222. The van der Waals surface area contributed by atoms with Crippen LogP contribution in [-0.2, 0) is 4.79 Å². The monoisotopic (exact) mass is 278 g/mol. The Balaban J connectivity index is 2.41. The van der Waals surface area contributed by atoms with Crippen molar-refractivity contribution in [3.63, 3.8) is 0 Å². The first kappa shape index (κ1) is 12.6. The Morgan fingerprint density at radius 2 is 2.11 bits per heavy atom. The van der Waals surface area contributed by atoms with Crippen LogP contribution < -0.4 is 5.32 Å². The van der Waals surface area contributed by atoms with Gasteiger partial charge in [-0.2, -0.15) is 18.3 Å². The van der Waals surface area contributed by atoms with Crippen molar-refractivity contribution >= 4 is 29.0 Å². The molecule has 0 aromatic carbocycles. The van der Waals surface area contributed by atoms with Crippen LogP contribution in [0.3, 0.4) is 0 Å². The molecule has 2 aromatic rings. The second kappa shape index (κ2) is 4.13. The van der Waals surface area contributed by atoms with Gasteiger partial charge in [-0.05, 0) is 19.1 Å². The molecule has 2 rings (SSSR count). The number of anilines is 1. The summed E-state index contributed by atoms with van der Waals surface area (Å²) in [4.78, 5) is 14.6. The Kier molecular flexibility index (Phi) is 2.89. The van der Waals surface area contributed by atoms with Gasteiger partial charge in [0, 0.05) is 0 Å². The summed E-state index contributed by atoms with van der Waals surface area (Å²) in [6.07, 6.45) is -4.96. The fourth-order valence-electron chi connectivity index (χ4n) is 1.32. The topological polar surface area (TPSA) is 59.3 Å². The first-order chi connectivity index (χ1) is 8.29. The Morgan fingerprint density at radius 3 is 2.72 bits per heavy atom. The zero-order chi connectivity index (χ0) is 13.5. The number of hydrogen-bond donors (Lipinski definition) is 1. The first-order valence-corrected chi connectivity index (χ1v) is 5.07. The highest BCUT2D eigenvalue weighted by atomic mass is 35.5. The van der Waals surface area contributed by atoms with Crippen molar-refractivity contribution in [1.29, 1.82) is 0 Å². The van der Waals surface area contributed by atoms with E-state index in [1.165, 1.54) is 23.6 Å². The van der Waals surface area contributed by atoms with E-state index in [2.05, 4.69) is 10.1 Å². The van der Waals surface area contributed by atoms with Crippen molar-refractivity contribution < 1.29 is 18.0 Å². The molecule has 9 heteroatoms. The van der Waals surface area contributed by atoms with E-state index in [9.17, 15) is 18.0 Å². The van der Waals surface area contributed by atoms with Gasteiger partial charge in [0.05, 0.1) is 5.69 Å². The lowest BCUT2D eigenvalue weighted by atomic mass is 10.4. The third-order valence-corrected chi connectivity index (χ3v) is 2.36. The maximum absolute atomic E-state index is 12.1. The van der Waals surface area contributed by atoms with Crippen LogP contribution in [0.15, 0.2) is 12.1 Å². The van der Waals surface area contributed by atoms with Gasteiger partial charge in [-0.25, -0.2) is 9.50 Å². The zero-order valence-corrected chi connectivity index (χ0v) is 9.67. The largest absolute Gasteiger partial charge is 0.471 e. The third-order valence-electron chi connectivity index (χ3n) is 2.16. The van der Waals surface area contributed by atoms with Crippen molar-refractivity contribution in [3.05, 3.63) is 23.0 Å². The molecule has 2 heterocycles. The Hall–Kier alpha value is -1.83. The van der Waals surface area contributed by atoms with Gasteiger partial charge in [-0.3, -0.25) is 4.79 Å². The molecule has 1 amide bonds. The number of nitrogens with zero attached hydrogens (tertiary/aromatic N) is 3. The molecule has 0 fully saturated rings. The van der Waals surface area contributed by atoms with E-state index in [4.69, 9.17) is 11.6 Å². The summed E-state index contributed by atoms with van der Waals surface area (Å²) in [5.74, 6) is -2.29. The standard InChI is InChI=1S/C9H6ClF3N4O/c1-4-7(15-8(18)9(11,12)13)14-6-3-2-5(10)16-17(4)6/h2-3H,1H3,(H,15,18). The second-order valence-corrected chi connectivity index (χ2v) is 3.81. The Morgan fingerprint density at radius 1 is 1.44 bits per heavy atom. The van der Waals surface area contributed by atoms with Crippen LogP contribution in [-0.4, -0.2) is 26.7 Å². The third kappa shape index (κ3) is 2.23. The molecule has 0 aliphatic carbocycles. The maximum atomic E-state index is 12.1. The SMILES string of the molecule is Cc1c(NC(=O)C(F)(F)F)nc2ccc(Cl)nn12. The summed E-state index contributed by atoms with van der Waals surface area (Å²) >= 11 is 5.65. The molecule has 96 valence electrons. The number of amides is 1. The van der Waals surface area contributed by atoms with E-state index >= 15 is 0 Å². The number of carbonyl (C=O) groups excluding carboxylic acids is 1. The van der Waals surface area contributed by atoms with Gasteiger partial charge in [0.2, 0.25) is 0 Å². The van der Waals surface area contributed by atoms with Crippen LogP contribution in [0.4, 0.5) is 19.0 Å². The summed E-state index contributed by atoms with van der Waals surface area (Å²) in [5, 5.41) is 5.70. The quantitative estimate of drug-likeness (QED) is 0.870. The highest BCUT2D eigenvalue weighted by molar-refractivity contribution is 6.29. The zero-order valence-electron chi connectivity index (χ0n) is 8.92. The van der Waals surface area contributed by atoms with Crippen molar-refractivity contribution in [2.75, 3.05) is 5.32 Å². The van der Waals surface area contributed by atoms with E-state index < -0.39 is 12.1 Å². The Bertz CT molecular complexity index is 622. The van der Waals surface area contributed by atoms with Crippen LogP contribution >= 0.6 is 11.6 Å². The summed E-state index contributed by atoms with van der Waals surface area (Å²) in [6, 6.07) is 2.92. The molecular formula is C9H6ClF3N4O. The number of aryl methyl sites for hydroxylation is 1. The molecule has 0 saturated heterocycles. The first-order valence-electron chi connectivity index (χ1n) is 4.69. The van der Waals surface area contributed by atoms with Crippen molar-refractivity contribution in [3.8, 4) is 0 Å². The van der Waals surface area contributed by atoms with Crippen molar-refractivity contribution in [1.82, 2.24) is 14.6 Å². The molecular weight excluding hydrogens is 273 g/mol. The van der Waals surface area contributed by atoms with E-state index in [0.717, 1.165) is 0 Å². The van der Waals surface area contributed by atoms with E-state index in [-0.39, 0.29) is 22.3 Å². The average molecular weight is 279 g/mol. The van der Waals surface area contributed by atoms with Crippen LogP contribution in [0.2, 0.25) is 5.15 Å². The number of hydrogen-bond acceptors (Lipinski definition) is 3. The normalized spacial score (nSPS) is 11.8. The van der Waals surface area contributed by atoms with Crippen molar-refractivity contribution in [2.24, 2.45) is 0 Å². The fourth-order valence-corrected chi connectivity index (χ4v) is 1.46. The predicted octanol–water partition coefficient (Wildman–Crippen LogP) is 2.19. The van der Waals surface area contributed by atoms with Gasteiger partial charge in [0.25, 0.3) is 0 Å². The molecule has 2 aromatic heterocycles. The lowest BCUT2D eigenvalue weighted by Gasteiger charge is -2.05. The van der Waals surface area contributed by atoms with Crippen LogP contribution in [0.25, 0.3) is 5.65 Å². The van der Waals surface area contributed by atoms with E-state index in [1.54, 1.807) is 5.32 Å². The maximum Gasteiger partial charge on any atom is 0.471 e. The predicted molar refractivity (Wildman–Crippen MR) is 57.4 cm³/mol. The molecule has 0 aliphatic rings. The number of aromatic nitrogens is 3. The van der Waals surface area contributed by atoms with Crippen LogP contribution in [0.1, 0.15) is 5.69 Å². The number of alkyl halides is 3. The molecule has 0 atom stereocenters. The number of halogens is 4. The molecule has 0 saturated carbocycles. The molecule has 0 aliphatic heterocycles. The number of imidazole rings is 1. The van der Waals surface area contributed by atoms with E-state index in [0.29, 0.717) is 0 Å². The minimum Gasteiger partial charge on any atom is -0.301 e. The summed E-state index contributed by atoms with van der Waals surface area (Å²) in [7, 11) is 0. The van der Waals surface area contributed by atoms with Gasteiger partial charge < -0.3 is 5.32 Å². The molecule has 0 bridgehead atoms. The van der Waals surface area contributed by atoms with Gasteiger partial charge >= 0.3 is 12.1 Å². The number of fused-ring (bicyclic) bond motifs is 1. The highest BCUT2D eigenvalue weighted by Gasteiger charge is 2.39. The number of carbonyl (C=O) groups is 1. The molecule has 1 N–H and O–H groups in total. The molecule has 0 spiro atoms. The smallest absolute Gasteiger partial charge is 0.301 e. The molecule has 0 radical (unpaired) electrons. The van der Waals surface area contributed by atoms with Gasteiger partial charge in [0.15, 0.2) is 11.5 Å². The van der Waals surface area contributed by atoms with Gasteiger partial charge in [0.1, 0.15) is 5.15 Å². The minimum absolute atomic E-state index is 0.164. The summed E-state index contributed by atoms with van der Waals surface area (Å²) in [5.41, 5.74) is 0.541. The number of nitrogens with one attached hydrogen (secondary N) is 1. The summed E-state index contributed by atoms with van der Waals surface area (Å²) in [6.45, 7) is 1.47.